The number of nitrogens with zero attached hydrogens (tertiary/aromatic N) is 1. The van der Waals surface area contributed by atoms with Gasteiger partial charge in [0.25, 0.3) is 5.91 Å². The number of halogens is 2. The van der Waals surface area contributed by atoms with Crippen LogP contribution in [0.3, 0.4) is 0 Å². The molecule has 0 saturated carbocycles. The van der Waals surface area contributed by atoms with Crippen molar-refractivity contribution < 1.29 is 13.9 Å². The number of rotatable bonds is 6. The van der Waals surface area contributed by atoms with Gasteiger partial charge in [-0.3, -0.25) is 4.79 Å². The van der Waals surface area contributed by atoms with Gasteiger partial charge in [0, 0.05) is 15.1 Å². The van der Waals surface area contributed by atoms with Gasteiger partial charge in [0.2, 0.25) is 0 Å². The van der Waals surface area contributed by atoms with Crippen LogP contribution in [0.25, 0.3) is 11.3 Å². The van der Waals surface area contributed by atoms with Gasteiger partial charge in [-0.2, -0.15) is 5.10 Å². The summed E-state index contributed by atoms with van der Waals surface area (Å²) in [5, 5.41) is 4.53. The van der Waals surface area contributed by atoms with Crippen molar-refractivity contribution in [1.29, 1.82) is 0 Å². The standard InChI is InChI=1S/C20H16BrClN2O3/c1-13-10-16(6-8-18(13)22)26-12-20(25)24-23-11-17-7-9-19(27-17)14-2-4-15(21)5-3-14/h2-11H,12H2,1H3,(H,24,25)/b23-11-. The maximum Gasteiger partial charge on any atom is 0.277 e. The lowest BCUT2D eigenvalue weighted by Gasteiger charge is -2.06. The molecule has 1 N–H and O–H groups in total. The van der Waals surface area contributed by atoms with Crippen LogP contribution in [0.4, 0.5) is 0 Å². The van der Waals surface area contributed by atoms with Gasteiger partial charge < -0.3 is 9.15 Å². The summed E-state index contributed by atoms with van der Waals surface area (Å²) in [6.07, 6.45) is 1.44. The molecule has 0 bridgehead atoms. The third kappa shape index (κ3) is 5.45. The number of hydrogen-bond donors (Lipinski definition) is 1. The summed E-state index contributed by atoms with van der Waals surface area (Å²) in [7, 11) is 0. The Labute approximate surface area is 170 Å². The molecule has 138 valence electrons. The lowest BCUT2D eigenvalue weighted by Crippen LogP contribution is -2.24. The lowest BCUT2D eigenvalue weighted by atomic mass is 10.2. The van der Waals surface area contributed by atoms with Crippen molar-refractivity contribution in [3.8, 4) is 17.1 Å². The van der Waals surface area contributed by atoms with Gasteiger partial charge in [0.1, 0.15) is 17.3 Å². The molecule has 1 heterocycles. The molecule has 0 saturated heterocycles. The number of carbonyl (C=O) groups is 1. The molecule has 5 nitrogen and oxygen atoms in total. The molecule has 3 rings (SSSR count). The minimum absolute atomic E-state index is 0.152. The van der Waals surface area contributed by atoms with Gasteiger partial charge in [-0.05, 0) is 55.0 Å². The van der Waals surface area contributed by atoms with Crippen LogP contribution < -0.4 is 10.2 Å². The zero-order valence-corrected chi connectivity index (χ0v) is 16.8. The third-order valence-electron chi connectivity index (χ3n) is 3.64. The number of hydrogen-bond acceptors (Lipinski definition) is 4. The van der Waals surface area contributed by atoms with Crippen LogP contribution in [0, 0.1) is 6.92 Å². The highest BCUT2D eigenvalue weighted by Crippen LogP contribution is 2.23. The summed E-state index contributed by atoms with van der Waals surface area (Å²) in [4.78, 5) is 11.8. The van der Waals surface area contributed by atoms with E-state index >= 15 is 0 Å². The van der Waals surface area contributed by atoms with E-state index < -0.39 is 0 Å². The highest BCUT2D eigenvalue weighted by molar-refractivity contribution is 9.10. The molecule has 2 aromatic carbocycles. The number of hydrazone groups is 1. The van der Waals surface area contributed by atoms with Crippen LogP contribution in [0.2, 0.25) is 5.02 Å². The number of aryl methyl sites for hydroxylation is 1. The molecule has 27 heavy (non-hydrogen) atoms. The van der Waals surface area contributed by atoms with E-state index in [2.05, 4.69) is 26.5 Å². The number of amides is 1. The largest absolute Gasteiger partial charge is 0.484 e. The first-order valence-corrected chi connectivity index (χ1v) is 9.25. The molecular weight excluding hydrogens is 432 g/mol. The summed E-state index contributed by atoms with van der Waals surface area (Å²) in [6, 6.07) is 16.6. The van der Waals surface area contributed by atoms with Crippen molar-refractivity contribution in [2.45, 2.75) is 6.92 Å². The van der Waals surface area contributed by atoms with E-state index in [1.54, 1.807) is 24.3 Å². The highest BCUT2D eigenvalue weighted by atomic mass is 79.9. The number of furan rings is 1. The van der Waals surface area contributed by atoms with E-state index in [0.29, 0.717) is 16.5 Å². The molecule has 0 unspecified atom stereocenters. The number of benzene rings is 2. The van der Waals surface area contributed by atoms with Gasteiger partial charge >= 0.3 is 0 Å². The van der Waals surface area contributed by atoms with Gasteiger partial charge in [-0.25, -0.2) is 5.43 Å². The lowest BCUT2D eigenvalue weighted by molar-refractivity contribution is -0.123. The molecule has 0 aliphatic heterocycles. The Kier molecular flexibility index (Phi) is 6.32. The monoisotopic (exact) mass is 446 g/mol. The first-order valence-electron chi connectivity index (χ1n) is 8.08. The predicted molar refractivity (Wildman–Crippen MR) is 109 cm³/mol. The number of nitrogens with one attached hydrogen (secondary N) is 1. The Hall–Kier alpha value is -2.57. The van der Waals surface area contributed by atoms with E-state index in [1.807, 2.05) is 37.3 Å². The fourth-order valence-electron chi connectivity index (χ4n) is 2.25. The van der Waals surface area contributed by atoms with Gasteiger partial charge in [0.15, 0.2) is 6.61 Å². The topological polar surface area (TPSA) is 63.8 Å². The maximum absolute atomic E-state index is 11.8. The molecule has 0 aliphatic rings. The van der Waals surface area contributed by atoms with Crippen molar-refractivity contribution in [1.82, 2.24) is 5.43 Å². The molecule has 0 fully saturated rings. The minimum Gasteiger partial charge on any atom is -0.484 e. The van der Waals surface area contributed by atoms with Crippen LogP contribution >= 0.6 is 27.5 Å². The summed E-state index contributed by atoms with van der Waals surface area (Å²) in [5.74, 6) is 1.44. The Morgan fingerprint density at radius 1 is 1.22 bits per heavy atom. The smallest absolute Gasteiger partial charge is 0.277 e. The van der Waals surface area contributed by atoms with Gasteiger partial charge in [-0.1, -0.05) is 39.7 Å². The fourth-order valence-corrected chi connectivity index (χ4v) is 2.63. The SMILES string of the molecule is Cc1cc(OCC(=O)N/N=C\c2ccc(-c3ccc(Br)cc3)o2)ccc1Cl. The van der Waals surface area contributed by atoms with Crippen LogP contribution in [-0.4, -0.2) is 18.7 Å². The van der Waals surface area contributed by atoms with Crippen molar-refractivity contribution in [3.05, 3.63) is 75.4 Å². The third-order valence-corrected chi connectivity index (χ3v) is 4.59. The normalized spacial score (nSPS) is 10.9. The Bertz CT molecular complexity index is 968. The molecule has 3 aromatic rings. The van der Waals surface area contributed by atoms with Crippen molar-refractivity contribution in [2.75, 3.05) is 6.61 Å². The van der Waals surface area contributed by atoms with E-state index in [0.717, 1.165) is 21.4 Å². The Morgan fingerprint density at radius 2 is 2.00 bits per heavy atom. The molecule has 0 atom stereocenters. The maximum atomic E-state index is 11.8. The summed E-state index contributed by atoms with van der Waals surface area (Å²) in [5.41, 5.74) is 4.23. The van der Waals surface area contributed by atoms with E-state index in [9.17, 15) is 4.79 Å². The summed E-state index contributed by atoms with van der Waals surface area (Å²) in [6.45, 7) is 1.71. The van der Waals surface area contributed by atoms with E-state index in [-0.39, 0.29) is 12.5 Å². The average Bonchev–Trinajstić information content (AvgIpc) is 3.12. The van der Waals surface area contributed by atoms with Crippen molar-refractivity contribution in [3.63, 3.8) is 0 Å². The summed E-state index contributed by atoms with van der Waals surface area (Å²) >= 11 is 9.35. The van der Waals surface area contributed by atoms with Gasteiger partial charge in [-0.15, -0.1) is 0 Å². The second-order valence-corrected chi connectivity index (χ2v) is 7.02. The first-order chi connectivity index (χ1) is 13.0. The molecule has 7 heteroatoms. The molecule has 0 radical (unpaired) electrons. The molecule has 0 aliphatic carbocycles. The second-order valence-electron chi connectivity index (χ2n) is 5.70. The zero-order valence-electron chi connectivity index (χ0n) is 14.4. The first kappa shape index (κ1) is 19.2. The van der Waals surface area contributed by atoms with Crippen LogP contribution in [0.5, 0.6) is 5.75 Å². The molecular formula is C20H16BrClN2O3. The highest BCUT2D eigenvalue weighted by Gasteiger charge is 2.05. The fraction of sp³-hybridized carbons (Fsp3) is 0.100. The van der Waals surface area contributed by atoms with Crippen LogP contribution in [0.15, 0.2) is 68.6 Å². The van der Waals surface area contributed by atoms with E-state index in [4.69, 9.17) is 20.8 Å². The molecule has 1 aromatic heterocycles. The Balaban J connectivity index is 1.50. The van der Waals surface area contributed by atoms with Crippen molar-refractivity contribution in [2.24, 2.45) is 5.10 Å². The minimum atomic E-state index is -0.376. The molecule has 1 amide bonds. The second kappa shape index (κ2) is 8.88. The molecule has 0 spiro atoms. The average molecular weight is 448 g/mol. The van der Waals surface area contributed by atoms with Crippen molar-refractivity contribution >= 4 is 39.7 Å². The zero-order chi connectivity index (χ0) is 19.2. The van der Waals surface area contributed by atoms with Crippen LogP contribution in [-0.2, 0) is 4.79 Å². The Morgan fingerprint density at radius 3 is 2.74 bits per heavy atom. The summed E-state index contributed by atoms with van der Waals surface area (Å²) < 4.78 is 12.1. The number of carbonyl (C=O) groups excluding carboxylic acids is 1. The number of ether oxygens (including phenoxy) is 1. The van der Waals surface area contributed by atoms with E-state index in [1.165, 1.54) is 6.21 Å². The predicted octanol–water partition coefficient (Wildman–Crippen LogP) is 5.20. The van der Waals surface area contributed by atoms with Gasteiger partial charge in [0.05, 0.1) is 6.21 Å². The quantitative estimate of drug-likeness (QED) is 0.417. The van der Waals surface area contributed by atoms with Crippen LogP contribution in [0.1, 0.15) is 11.3 Å².